The topological polar surface area (TPSA) is 15.3 Å². The van der Waals surface area contributed by atoms with Crippen LogP contribution in [-0.2, 0) is 0 Å². The Labute approximate surface area is 109 Å². The normalized spacial score (nSPS) is 10.2. The second-order valence-electron chi connectivity index (χ2n) is 4.33. The molecule has 1 N–H and O–H groups in total. The third-order valence-electron chi connectivity index (χ3n) is 3.16. The molecular weight excluding hydrogens is 220 g/mol. The molecule has 0 amide bonds. The van der Waals surface area contributed by atoms with Gasteiger partial charge in [-0.1, -0.05) is 18.2 Å². The molecule has 0 heterocycles. The Morgan fingerprint density at radius 3 is 2.33 bits per heavy atom. The van der Waals surface area contributed by atoms with Crippen LogP contribution in [0.4, 0.5) is 17.1 Å². The van der Waals surface area contributed by atoms with Crippen molar-refractivity contribution >= 4 is 17.1 Å². The summed E-state index contributed by atoms with van der Waals surface area (Å²) in [5.41, 5.74) is 4.94. The molecular formula is C16H20N2. The number of para-hydroxylation sites is 1. The second kappa shape index (κ2) is 5.58. The smallest absolute Gasteiger partial charge is 0.0441 e. The number of benzene rings is 2. The van der Waals surface area contributed by atoms with Crippen molar-refractivity contribution in [3.05, 3.63) is 54.1 Å². The largest absolute Gasteiger partial charge is 0.388 e. The molecule has 0 spiro atoms. The average molecular weight is 240 g/mol. The minimum absolute atomic E-state index is 0.962. The van der Waals surface area contributed by atoms with E-state index in [0.29, 0.717) is 0 Å². The number of rotatable bonds is 4. The van der Waals surface area contributed by atoms with Gasteiger partial charge in [-0.25, -0.2) is 0 Å². The summed E-state index contributed by atoms with van der Waals surface area (Å²) in [5, 5.41) is 3.17. The summed E-state index contributed by atoms with van der Waals surface area (Å²) in [6.45, 7) is 5.30. The van der Waals surface area contributed by atoms with E-state index >= 15 is 0 Å². The molecule has 2 aromatic rings. The second-order valence-corrected chi connectivity index (χ2v) is 4.33. The van der Waals surface area contributed by atoms with Crippen molar-refractivity contribution in [1.29, 1.82) is 0 Å². The van der Waals surface area contributed by atoms with E-state index in [1.807, 2.05) is 13.1 Å². The van der Waals surface area contributed by atoms with Gasteiger partial charge in [0.1, 0.15) is 0 Å². The van der Waals surface area contributed by atoms with Crippen molar-refractivity contribution in [3.63, 3.8) is 0 Å². The highest BCUT2D eigenvalue weighted by Crippen LogP contribution is 2.29. The van der Waals surface area contributed by atoms with E-state index in [9.17, 15) is 0 Å². The van der Waals surface area contributed by atoms with Gasteiger partial charge in [0, 0.05) is 30.7 Å². The molecule has 2 nitrogen and oxygen atoms in total. The van der Waals surface area contributed by atoms with Gasteiger partial charge in [-0.3, -0.25) is 0 Å². The minimum atomic E-state index is 0.962. The molecule has 0 unspecified atom stereocenters. The van der Waals surface area contributed by atoms with Crippen LogP contribution in [-0.4, -0.2) is 13.6 Å². The van der Waals surface area contributed by atoms with E-state index in [-0.39, 0.29) is 0 Å². The highest BCUT2D eigenvalue weighted by Gasteiger charge is 2.09. The maximum absolute atomic E-state index is 3.17. The highest BCUT2D eigenvalue weighted by atomic mass is 15.1. The Bertz CT molecular complexity index is 506. The van der Waals surface area contributed by atoms with E-state index in [0.717, 1.165) is 12.2 Å². The molecule has 0 radical (unpaired) electrons. The van der Waals surface area contributed by atoms with E-state index in [2.05, 4.69) is 66.5 Å². The van der Waals surface area contributed by atoms with Crippen LogP contribution in [0, 0.1) is 6.92 Å². The highest BCUT2D eigenvalue weighted by molar-refractivity contribution is 5.68. The molecule has 0 aliphatic rings. The van der Waals surface area contributed by atoms with E-state index in [1.54, 1.807) is 0 Å². The van der Waals surface area contributed by atoms with Crippen LogP contribution in [0.2, 0.25) is 0 Å². The van der Waals surface area contributed by atoms with Crippen LogP contribution in [0.5, 0.6) is 0 Å². The van der Waals surface area contributed by atoms with Crippen molar-refractivity contribution in [3.8, 4) is 0 Å². The van der Waals surface area contributed by atoms with Crippen molar-refractivity contribution in [2.45, 2.75) is 13.8 Å². The zero-order valence-electron chi connectivity index (χ0n) is 11.3. The van der Waals surface area contributed by atoms with Gasteiger partial charge in [0.2, 0.25) is 0 Å². The van der Waals surface area contributed by atoms with E-state index in [1.165, 1.54) is 16.9 Å². The lowest BCUT2D eigenvalue weighted by atomic mass is 10.1. The fourth-order valence-corrected chi connectivity index (χ4v) is 2.21. The van der Waals surface area contributed by atoms with Gasteiger partial charge in [-0.05, 0) is 49.7 Å². The number of anilines is 3. The summed E-state index contributed by atoms with van der Waals surface area (Å²) in [7, 11) is 1.95. The van der Waals surface area contributed by atoms with Gasteiger partial charge >= 0.3 is 0 Å². The molecule has 18 heavy (non-hydrogen) atoms. The minimum Gasteiger partial charge on any atom is -0.388 e. The molecule has 0 saturated carbocycles. The first kappa shape index (κ1) is 12.5. The molecule has 2 rings (SSSR count). The van der Waals surface area contributed by atoms with Crippen molar-refractivity contribution in [1.82, 2.24) is 0 Å². The Hall–Kier alpha value is -1.96. The number of nitrogens with zero attached hydrogens (tertiary/aromatic N) is 1. The molecule has 0 atom stereocenters. The van der Waals surface area contributed by atoms with Gasteiger partial charge < -0.3 is 10.2 Å². The predicted molar refractivity (Wildman–Crippen MR) is 79.8 cm³/mol. The Morgan fingerprint density at radius 2 is 1.78 bits per heavy atom. The van der Waals surface area contributed by atoms with Crippen LogP contribution in [0.1, 0.15) is 12.5 Å². The van der Waals surface area contributed by atoms with Gasteiger partial charge in [-0.15, -0.1) is 0 Å². The quantitative estimate of drug-likeness (QED) is 0.861. The lowest BCUT2D eigenvalue weighted by Gasteiger charge is -2.25. The molecule has 0 aromatic heterocycles. The fraction of sp³-hybridized carbons (Fsp3) is 0.250. The Balaban J connectivity index is 2.39. The molecule has 0 bridgehead atoms. The third kappa shape index (κ3) is 2.48. The number of hydrogen-bond donors (Lipinski definition) is 1. The summed E-state index contributed by atoms with van der Waals surface area (Å²) < 4.78 is 0. The summed E-state index contributed by atoms with van der Waals surface area (Å²) in [4.78, 5) is 2.33. The first-order chi connectivity index (χ1) is 8.76. The number of nitrogens with one attached hydrogen (secondary N) is 1. The molecule has 0 aliphatic carbocycles. The van der Waals surface area contributed by atoms with Crippen LogP contribution in [0.25, 0.3) is 0 Å². The lowest BCUT2D eigenvalue weighted by Crippen LogP contribution is -2.17. The lowest BCUT2D eigenvalue weighted by molar-refractivity contribution is 1.02. The summed E-state index contributed by atoms with van der Waals surface area (Å²) in [6, 6.07) is 17.0. The van der Waals surface area contributed by atoms with Crippen LogP contribution in [0.15, 0.2) is 48.5 Å². The molecule has 94 valence electrons. The van der Waals surface area contributed by atoms with Gasteiger partial charge in [0.25, 0.3) is 0 Å². The summed E-state index contributed by atoms with van der Waals surface area (Å²) >= 11 is 0. The van der Waals surface area contributed by atoms with Gasteiger partial charge in [0.15, 0.2) is 0 Å². The van der Waals surface area contributed by atoms with E-state index < -0.39 is 0 Å². The van der Waals surface area contributed by atoms with Crippen molar-refractivity contribution in [2.75, 3.05) is 23.8 Å². The van der Waals surface area contributed by atoms with Gasteiger partial charge in [-0.2, -0.15) is 0 Å². The summed E-state index contributed by atoms with van der Waals surface area (Å²) in [6.07, 6.45) is 0. The zero-order chi connectivity index (χ0) is 13.0. The Kier molecular flexibility index (Phi) is 3.88. The maximum atomic E-state index is 3.17. The zero-order valence-corrected chi connectivity index (χ0v) is 11.3. The monoisotopic (exact) mass is 240 g/mol. The SMILES string of the molecule is CCN(c1ccccc1)c1ccc(NC)cc1C. The third-order valence-corrected chi connectivity index (χ3v) is 3.16. The first-order valence-electron chi connectivity index (χ1n) is 6.37. The van der Waals surface area contributed by atoms with Crippen LogP contribution in [0.3, 0.4) is 0 Å². The Morgan fingerprint density at radius 1 is 1.06 bits per heavy atom. The molecule has 2 heteroatoms. The van der Waals surface area contributed by atoms with E-state index in [4.69, 9.17) is 0 Å². The number of aryl methyl sites for hydroxylation is 1. The summed E-state index contributed by atoms with van der Waals surface area (Å²) in [5.74, 6) is 0. The maximum Gasteiger partial charge on any atom is 0.0441 e. The van der Waals surface area contributed by atoms with Crippen molar-refractivity contribution in [2.24, 2.45) is 0 Å². The first-order valence-corrected chi connectivity index (χ1v) is 6.37. The van der Waals surface area contributed by atoms with Crippen LogP contribution >= 0.6 is 0 Å². The standard InChI is InChI=1S/C16H20N2/c1-4-18(15-8-6-5-7-9-15)16-11-10-14(17-3)12-13(16)2/h5-12,17H,4H2,1-3H3. The average Bonchev–Trinajstić information content (AvgIpc) is 2.42. The molecule has 0 saturated heterocycles. The van der Waals surface area contributed by atoms with Gasteiger partial charge in [0.05, 0.1) is 0 Å². The predicted octanol–water partition coefficient (Wildman–Crippen LogP) is 4.19. The van der Waals surface area contributed by atoms with Crippen LogP contribution < -0.4 is 10.2 Å². The number of hydrogen-bond acceptors (Lipinski definition) is 2. The van der Waals surface area contributed by atoms with Crippen molar-refractivity contribution < 1.29 is 0 Å². The molecule has 0 fully saturated rings. The molecule has 0 aliphatic heterocycles. The fourth-order valence-electron chi connectivity index (χ4n) is 2.21. The molecule has 2 aromatic carbocycles.